The molecule has 0 saturated heterocycles. The third-order valence-electron chi connectivity index (χ3n) is 3.02. The van der Waals surface area contributed by atoms with E-state index >= 15 is 0 Å². The maximum absolute atomic E-state index is 12.9. The molecule has 4 N–H and O–H groups in total. The highest BCUT2D eigenvalue weighted by Gasteiger charge is 2.24. The summed E-state index contributed by atoms with van der Waals surface area (Å²) in [5, 5.41) is 30.2. The second-order valence-corrected chi connectivity index (χ2v) is 4.63. The Hall–Kier alpha value is -3.41. The van der Waals surface area contributed by atoms with Crippen LogP contribution < -0.4 is 11.1 Å². The minimum absolute atomic E-state index is 0.0122. The number of nitrogens with one attached hydrogen (secondary N) is 1. The number of halogens is 1. The molecule has 0 saturated carbocycles. The molecule has 1 amide bonds. The first-order chi connectivity index (χ1) is 11.6. The van der Waals surface area contributed by atoms with E-state index < -0.39 is 24.4 Å². The van der Waals surface area contributed by atoms with Gasteiger partial charge in [-0.3, -0.25) is 4.79 Å². The average molecular weight is 334 g/mol. The van der Waals surface area contributed by atoms with Crippen molar-refractivity contribution in [2.75, 3.05) is 17.7 Å². The number of nitrogen functional groups attached to an aromatic ring is 1. The molecule has 0 spiro atoms. The summed E-state index contributed by atoms with van der Waals surface area (Å²) in [6.45, 7) is -0.588. The molecule has 3 aromatic rings. The number of carbonyl (C=O) groups is 1. The van der Waals surface area contributed by atoms with Crippen LogP contribution in [0.1, 0.15) is 6.04 Å². The number of hydrogen-bond acceptors (Lipinski definition) is 9. The number of aliphatic hydroxyl groups is 1. The second kappa shape index (κ2) is 6.37. The molecule has 24 heavy (non-hydrogen) atoms. The van der Waals surface area contributed by atoms with E-state index in [1.807, 2.05) is 0 Å². The van der Waals surface area contributed by atoms with Gasteiger partial charge in [-0.15, -0.1) is 15.0 Å². The summed E-state index contributed by atoms with van der Waals surface area (Å²) in [5.74, 6) is -1.10. The summed E-state index contributed by atoms with van der Waals surface area (Å²) in [6, 6.07) is 3.98. The Morgan fingerprint density at radius 2 is 2.12 bits per heavy atom. The Morgan fingerprint density at radius 1 is 1.38 bits per heavy atom. The van der Waals surface area contributed by atoms with Gasteiger partial charge in [-0.05, 0) is 39.8 Å². The van der Waals surface area contributed by atoms with Crippen LogP contribution >= 0.6 is 0 Å². The summed E-state index contributed by atoms with van der Waals surface area (Å²) >= 11 is 0. The maximum atomic E-state index is 12.9. The molecule has 124 valence electrons. The molecule has 0 aliphatic rings. The van der Waals surface area contributed by atoms with Gasteiger partial charge in [-0.2, -0.15) is 0 Å². The van der Waals surface area contributed by atoms with Crippen LogP contribution in [0.4, 0.5) is 15.9 Å². The number of anilines is 2. The van der Waals surface area contributed by atoms with E-state index in [0.29, 0.717) is 5.69 Å². The molecule has 0 aliphatic carbocycles. The highest BCUT2D eigenvalue weighted by molar-refractivity contribution is 5.93. The third-order valence-corrected chi connectivity index (χ3v) is 3.02. The smallest absolute Gasteiger partial charge is 0.253 e. The van der Waals surface area contributed by atoms with E-state index in [4.69, 9.17) is 5.73 Å². The average Bonchev–Trinajstić information content (AvgIpc) is 3.19. The van der Waals surface area contributed by atoms with E-state index in [-0.39, 0.29) is 17.3 Å². The zero-order valence-electron chi connectivity index (χ0n) is 12.0. The van der Waals surface area contributed by atoms with Gasteiger partial charge in [0.1, 0.15) is 5.82 Å². The van der Waals surface area contributed by atoms with Crippen LogP contribution in [0, 0.1) is 5.82 Å². The van der Waals surface area contributed by atoms with Crippen LogP contribution in [-0.2, 0) is 4.79 Å². The fourth-order valence-electron chi connectivity index (χ4n) is 1.82. The molecule has 11 nitrogen and oxygen atoms in total. The summed E-state index contributed by atoms with van der Waals surface area (Å²) in [6.07, 6.45) is 0. The van der Waals surface area contributed by atoms with E-state index in [2.05, 4.69) is 35.7 Å². The van der Waals surface area contributed by atoms with E-state index in [1.54, 1.807) is 0 Å². The highest BCUT2D eigenvalue weighted by atomic mass is 19.1. The Morgan fingerprint density at radius 3 is 2.75 bits per heavy atom. The first-order valence-electron chi connectivity index (χ1n) is 6.63. The molecule has 0 radical (unpaired) electrons. The van der Waals surface area contributed by atoms with Crippen molar-refractivity contribution in [1.82, 2.24) is 30.5 Å². The molecule has 0 aliphatic heterocycles. The number of hydrogen-bond donors (Lipinski definition) is 3. The van der Waals surface area contributed by atoms with Crippen LogP contribution in [0.3, 0.4) is 0 Å². The third kappa shape index (κ3) is 3.03. The minimum Gasteiger partial charge on any atom is -0.394 e. The topological polar surface area (TPSA) is 158 Å². The number of nitrogens with zero attached hydrogens (tertiary/aromatic N) is 6. The van der Waals surface area contributed by atoms with E-state index in [1.165, 1.54) is 24.3 Å². The van der Waals surface area contributed by atoms with Gasteiger partial charge in [0.25, 0.3) is 5.91 Å². The predicted octanol–water partition coefficient (Wildman–Crippen LogP) is -0.384. The summed E-state index contributed by atoms with van der Waals surface area (Å²) in [4.78, 5) is 13.1. The Balaban J connectivity index is 1.78. The highest BCUT2D eigenvalue weighted by Crippen LogP contribution is 2.18. The number of nitrogens with two attached hydrogens (primary N) is 1. The summed E-state index contributed by atoms with van der Waals surface area (Å²) in [7, 11) is 0. The molecule has 1 aromatic carbocycles. The fraction of sp³-hybridized carbons (Fsp3) is 0.167. The first kappa shape index (κ1) is 15.5. The largest absolute Gasteiger partial charge is 0.394 e. The van der Waals surface area contributed by atoms with Gasteiger partial charge in [0.15, 0.2) is 17.6 Å². The van der Waals surface area contributed by atoms with Crippen molar-refractivity contribution in [3.05, 3.63) is 30.1 Å². The number of carbonyl (C=O) groups excluding carboxylic acids is 1. The lowest BCUT2D eigenvalue weighted by molar-refractivity contribution is -0.121. The van der Waals surface area contributed by atoms with Crippen LogP contribution in [-0.4, -0.2) is 48.1 Å². The maximum Gasteiger partial charge on any atom is 0.253 e. The number of aliphatic hydroxyl groups excluding tert-OH is 1. The van der Waals surface area contributed by atoms with Crippen LogP contribution in [0.25, 0.3) is 11.5 Å². The lowest BCUT2D eigenvalue weighted by atomic mass is 10.2. The fourth-order valence-corrected chi connectivity index (χ4v) is 1.82. The quantitative estimate of drug-likeness (QED) is 0.565. The monoisotopic (exact) mass is 334 g/mol. The van der Waals surface area contributed by atoms with Crippen molar-refractivity contribution in [3.8, 4) is 11.5 Å². The Bertz CT molecular complexity index is 846. The van der Waals surface area contributed by atoms with Gasteiger partial charge in [0, 0.05) is 5.69 Å². The van der Waals surface area contributed by atoms with Crippen molar-refractivity contribution in [1.29, 1.82) is 0 Å². The Labute approximate surface area is 133 Å². The molecular formula is C12H11FN8O3. The lowest BCUT2D eigenvalue weighted by Crippen LogP contribution is -2.30. The van der Waals surface area contributed by atoms with Crippen molar-refractivity contribution in [3.63, 3.8) is 0 Å². The zero-order chi connectivity index (χ0) is 17.1. The number of rotatable bonds is 5. The standard InChI is InChI=1S/C12H11FN8O3/c13-6-1-3-7(4-2-6)15-12(23)8(5-22)21-17-11(16-20-21)9-10(14)19-24-18-9/h1-4,8,22H,5H2,(H2,14,19)(H,15,23). The van der Waals surface area contributed by atoms with E-state index in [0.717, 1.165) is 4.80 Å². The molecule has 0 fully saturated rings. The van der Waals surface area contributed by atoms with Crippen LogP contribution in [0.5, 0.6) is 0 Å². The van der Waals surface area contributed by atoms with Gasteiger partial charge in [-0.1, -0.05) is 0 Å². The van der Waals surface area contributed by atoms with E-state index in [9.17, 15) is 14.3 Å². The number of amides is 1. The van der Waals surface area contributed by atoms with Crippen LogP contribution in [0.15, 0.2) is 28.9 Å². The lowest BCUT2D eigenvalue weighted by Gasteiger charge is -2.12. The van der Waals surface area contributed by atoms with Gasteiger partial charge in [-0.25, -0.2) is 9.02 Å². The van der Waals surface area contributed by atoms with Crippen molar-refractivity contribution in [2.24, 2.45) is 0 Å². The SMILES string of the molecule is Nc1nonc1-c1nnn(C(CO)C(=O)Nc2ccc(F)cc2)n1. The molecule has 1 unspecified atom stereocenters. The first-order valence-corrected chi connectivity index (χ1v) is 6.63. The molecule has 3 rings (SSSR count). The van der Waals surface area contributed by atoms with Crippen molar-refractivity contribution < 1.29 is 18.9 Å². The zero-order valence-corrected chi connectivity index (χ0v) is 12.0. The van der Waals surface area contributed by atoms with Crippen LogP contribution in [0.2, 0.25) is 0 Å². The second-order valence-electron chi connectivity index (χ2n) is 4.63. The van der Waals surface area contributed by atoms with Crippen molar-refractivity contribution in [2.45, 2.75) is 6.04 Å². The summed E-state index contributed by atoms with van der Waals surface area (Å²) < 4.78 is 17.3. The molecule has 2 aromatic heterocycles. The number of tetrazole rings is 1. The molecule has 1 atom stereocenters. The van der Waals surface area contributed by atoms with Gasteiger partial charge in [0.05, 0.1) is 6.61 Å². The minimum atomic E-state index is -1.16. The number of aromatic nitrogens is 6. The summed E-state index contributed by atoms with van der Waals surface area (Å²) in [5.41, 5.74) is 5.94. The van der Waals surface area contributed by atoms with Gasteiger partial charge < -0.3 is 16.2 Å². The van der Waals surface area contributed by atoms with Gasteiger partial charge in [0.2, 0.25) is 5.82 Å². The Kier molecular flexibility index (Phi) is 4.11. The predicted molar refractivity (Wildman–Crippen MR) is 76.7 cm³/mol. The molecule has 0 bridgehead atoms. The normalized spacial score (nSPS) is 12.1. The molecule has 12 heteroatoms. The number of benzene rings is 1. The molecule has 2 heterocycles. The van der Waals surface area contributed by atoms with Crippen molar-refractivity contribution >= 4 is 17.4 Å². The molecular weight excluding hydrogens is 323 g/mol. The van der Waals surface area contributed by atoms with Gasteiger partial charge >= 0.3 is 0 Å².